The second-order valence-corrected chi connectivity index (χ2v) is 4.38. The van der Waals surface area contributed by atoms with Gasteiger partial charge in [-0.2, -0.15) is 28.3 Å². The normalized spacial score (nSPS) is 10.6. The molecule has 0 aliphatic carbocycles. The molecule has 0 fully saturated rings. The molecule has 0 aromatic heterocycles. The van der Waals surface area contributed by atoms with Crippen LogP contribution < -0.4 is 0 Å². The summed E-state index contributed by atoms with van der Waals surface area (Å²) in [6.45, 7) is 14.7. The van der Waals surface area contributed by atoms with Gasteiger partial charge in [-0.3, -0.25) is 0 Å². The molecule has 0 atom stereocenters. The first kappa shape index (κ1) is 16.0. The van der Waals surface area contributed by atoms with Gasteiger partial charge in [0.05, 0.1) is 0 Å². The second-order valence-electron chi connectivity index (χ2n) is 4.38. The third kappa shape index (κ3) is 3.80. The van der Waals surface area contributed by atoms with E-state index >= 15 is 0 Å². The molecule has 0 saturated heterocycles. The van der Waals surface area contributed by atoms with Gasteiger partial charge in [-0.15, -0.1) is 0 Å². The number of rotatable bonds is 5. The van der Waals surface area contributed by atoms with Gasteiger partial charge in [-0.05, 0) is 19.5 Å². The molecule has 0 N–H and O–H groups in total. The van der Waals surface area contributed by atoms with Crippen molar-refractivity contribution in [3.05, 3.63) is 28.3 Å². The van der Waals surface area contributed by atoms with Crippen LogP contribution in [0.5, 0.6) is 0 Å². The number of nitrogens with zero attached hydrogens (tertiary/aromatic N) is 1. The molecule has 0 heterocycles. The van der Waals surface area contributed by atoms with E-state index in [4.69, 9.17) is 0 Å². The molecule has 90 valence electrons. The average Bonchev–Trinajstić information content (AvgIpc) is 2.48. The van der Waals surface area contributed by atoms with Crippen LogP contribution in [0.25, 0.3) is 0 Å². The predicted octanol–water partition coefficient (Wildman–Crippen LogP) is 3.21. The van der Waals surface area contributed by atoms with Crippen molar-refractivity contribution in [1.29, 1.82) is 0 Å². The summed E-state index contributed by atoms with van der Waals surface area (Å²) in [4.78, 5) is 2.48. The molecule has 0 unspecified atom stereocenters. The molecule has 0 aliphatic rings. The van der Waals surface area contributed by atoms with Gasteiger partial charge in [0.2, 0.25) is 0 Å². The van der Waals surface area contributed by atoms with E-state index in [2.05, 4.69) is 45.6 Å². The summed E-state index contributed by atoms with van der Waals surface area (Å²) in [5, 5.41) is 0. The molecule has 1 aromatic rings. The van der Waals surface area contributed by atoms with Crippen LogP contribution in [0.2, 0.25) is 0 Å². The minimum atomic E-state index is 0. The Kier molecular flexibility index (Phi) is 7.38. The van der Waals surface area contributed by atoms with E-state index in [0.29, 0.717) is 0 Å². The van der Waals surface area contributed by atoms with E-state index in [0.717, 1.165) is 13.1 Å². The van der Waals surface area contributed by atoms with Gasteiger partial charge in [-0.25, -0.2) is 0 Å². The van der Waals surface area contributed by atoms with Crippen molar-refractivity contribution in [3.63, 3.8) is 0 Å². The Morgan fingerprint density at radius 2 is 1.56 bits per heavy atom. The molecule has 1 aromatic carbocycles. The summed E-state index contributed by atoms with van der Waals surface area (Å²) in [5.41, 5.74) is 5.96. The SMILES string of the molecule is CCN(CC)CCc1[cH-]c(C)c(C)c1C.[Ti]. The van der Waals surface area contributed by atoms with Crippen molar-refractivity contribution >= 4 is 0 Å². The summed E-state index contributed by atoms with van der Waals surface area (Å²) in [5.74, 6) is 0. The molecule has 16 heavy (non-hydrogen) atoms. The summed E-state index contributed by atoms with van der Waals surface area (Å²) < 4.78 is 0. The first-order valence-electron chi connectivity index (χ1n) is 6.04. The Labute approximate surface area is 115 Å². The fraction of sp³-hybridized carbons (Fsp3) is 0.643. The molecule has 0 saturated carbocycles. The summed E-state index contributed by atoms with van der Waals surface area (Å²) in [6, 6.07) is 2.36. The van der Waals surface area contributed by atoms with Crippen LogP contribution in [-0.4, -0.2) is 24.5 Å². The van der Waals surface area contributed by atoms with Crippen LogP contribution in [-0.2, 0) is 28.1 Å². The quantitative estimate of drug-likeness (QED) is 0.576. The zero-order chi connectivity index (χ0) is 11.4. The van der Waals surface area contributed by atoms with Crippen molar-refractivity contribution in [2.75, 3.05) is 19.6 Å². The molecular formula is C14H24NTi-. The van der Waals surface area contributed by atoms with Crippen LogP contribution in [0.3, 0.4) is 0 Å². The van der Waals surface area contributed by atoms with Crippen LogP contribution in [0.4, 0.5) is 0 Å². The van der Waals surface area contributed by atoms with Crippen LogP contribution in [0, 0.1) is 20.8 Å². The number of hydrogen-bond acceptors (Lipinski definition) is 1. The molecule has 1 rings (SSSR count). The van der Waals surface area contributed by atoms with E-state index in [-0.39, 0.29) is 21.7 Å². The van der Waals surface area contributed by atoms with E-state index in [1.165, 1.54) is 35.2 Å². The van der Waals surface area contributed by atoms with Crippen molar-refractivity contribution in [1.82, 2.24) is 4.90 Å². The van der Waals surface area contributed by atoms with Gasteiger partial charge in [0.15, 0.2) is 0 Å². The molecular weight excluding hydrogens is 230 g/mol. The van der Waals surface area contributed by atoms with Gasteiger partial charge in [0.1, 0.15) is 0 Å². The number of aryl methyl sites for hydroxylation is 1. The Hall–Kier alpha value is 0.0243. The Morgan fingerprint density at radius 3 is 1.94 bits per heavy atom. The van der Waals surface area contributed by atoms with Crippen molar-refractivity contribution in [2.45, 2.75) is 41.0 Å². The van der Waals surface area contributed by atoms with Gasteiger partial charge in [0, 0.05) is 28.3 Å². The molecule has 2 heteroatoms. The van der Waals surface area contributed by atoms with E-state index < -0.39 is 0 Å². The monoisotopic (exact) mass is 254 g/mol. The molecule has 0 radical (unpaired) electrons. The van der Waals surface area contributed by atoms with Gasteiger partial charge in [-0.1, -0.05) is 34.6 Å². The van der Waals surface area contributed by atoms with E-state index in [9.17, 15) is 0 Å². The summed E-state index contributed by atoms with van der Waals surface area (Å²) in [6.07, 6.45) is 1.20. The zero-order valence-corrected chi connectivity index (χ0v) is 12.9. The average molecular weight is 254 g/mol. The maximum absolute atomic E-state index is 2.48. The first-order chi connectivity index (χ1) is 7.10. The molecule has 1 nitrogen and oxygen atoms in total. The van der Waals surface area contributed by atoms with Crippen LogP contribution in [0.1, 0.15) is 36.1 Å². The van der Waals surface area contributed by atoms with E-state index in [1.54, 1.807) is 0 Å². The molecule has 0 spiro atoms. The standard InChI is InChI=1S/C14H24N.Ti/c1-6-15(7-2)9-8-14-10-11(3)12(4)13(14)5;/h10H,6-9H2,1-5H3;/q-1;. The van der Waals surface area contributed by atoms with Crippen molar-refractivity contribution in [2.24, 2.45) is 0 Å². The Bertz CT molecular complexity index is 311. The van der Waals surface area contributed by atoms with E-state index in [1.807, 2.05) is 0 Å². The van der Waals surface area contributed by atoms with Crippen LogP contribution in [0.15, 0.2) is 6.07 Å². The molecule has 0 amide bonds. The maximum Gasteiger partial charge on any atom is 0.000135 e. The fourth-order valence-corrected chi connectivity index (χ4v) is 2.09. The molecule has 0 bridgehead atoms. The second kappa shape index (κ2) is 7.37. The zero-order valence-electron chi connectivity index (χ0n) is 11.4. The summed E-state index contributed by atoms with van der Waals surface area (Å²) in [7, 11) is 0. The Balaban J connectivity index is 0.00000225. The van der Waals surface area contributed by atoms with Crippen molar-refractivity contribution in [3.8, 4) is 0 Å². The Morgan fingerprint density at radius 1 is 1.00 bits per heavy atom. The minimum absolute atomic E-state index is 0. The van der Waals surface area contributed by atoms with Gasteiger partial charge >= 0.3 is 0 Å². The van der Waals surface area contributed by atoms with Gasteiger partial charge < -0.3 is 4.90 Å². The topological polar surface area (TPSA) is 3.24 Å². The number of hydrogen-bond donors (Lipinski definition) is 0. The van der Waals surface area contributed by atoms with Crippen LogP contribution >= 0.6 is 0 Å². The smallest absolute Gasteiger partial charge is 0.000135 e. The molecule has 0 aliphatic heterocycles. The number of likely N-dealkylation sites (N-methyl/N-ethyl adjacent to an activating group) is 1. The first-order valence-corrected chi connectivity index (χ1v) is 6.04. The third-order valence-electron chi connectivity index (χ3n) is 3.62. The largest absolute Gasteiger partial charge is 0.304 e. The minimum Gasteiger partial charge on any atom is -0.304 e. The fourth-order valence-electron chi connectivity index (χ4n) is 2.09. The van der Waals surface area contributed by atoms with Crippen molar-refractivity contribution < 1.29 is 21.7 Å². The third-order valence-corrected chi connectivity index (χ3v) is 3.62. The predicted molar refractivity (Wildman–Crippen MR) is 67.7 cm³/mol. The van der Waals surface area contributed by atoms with Gasteiger partial charge in [0.25, 0.3) is 0 Å². The maximum atomic E-state index is 2.48. The summed E-state index contributed by atoms with van der Waals surface area (Å²) >= 11 is 0.